The van der Waals surface area contributed by atoms with Crippen LogP contribution >= 0.6 is 11.8 Å². The van der Waals surface area contributed by atoms with Gasteiger partial charge in [-0.15, -0.1) is 6.58 Å². The van der Waals surface area contributed by atoms with Crippen molar-refractivity contribution in [3.05, 3.63) is 71.0 Å². The zero-order valence-electron chi connectivity index (χ0n) is 15.7. The van der Waals surface area contributed by atoms with E-state index in [0.717, 1.165) is 0 Å². The van der Waals surface area contributed by atoms with Gasteiger partial charge in [-0.3, -0.25) is 14.2 Å². The van der Waals surface area contributed by atoms with Gasteiger partial charge in [-0.1, -0.05) is 30.0 Å². The molecule has 7 heteroatoms. The molecule has 3 aromatic rings. The molecule has 0 atom stereocenters. The van der Waals surface area contributed by atoms with Crippen LogP contribution in [0.2, 0.25) is 0 Å². The fourth-order valence-corrected chi connectivity index (χ4v) is 3.68. The predicted octanol–water partition coefficient (Wildman–Crippen LogP) is 3.57. The number of hydrogen-bond acceptors (Lipinski definition) is 6. The summed E-state index contributed by atoms with van der Waals surface area (Å²) in [5.74, 6) is 1.00. The van der Waals surface area contributed by atoms with Gasteiger partial charge >= 0.3 is 0 Å². The highest BCUT2D eigenvalue weighted by Gasteiger charge is 2.17. The highest BCUT2D eigenvalue weighted by Crippen LogP contribution is 2.27. The zero-order chi connectivity index (χ0) is 20.1. The van der Waals surface area contributed by atoms with Crippen LogP contribution in [0.25, 0.3) is 10.9 Å². The van der Waals surface area contributed by atoms with Crippen molar-refractivity contribution in [1.29, 1.82) is 0 Å². The van der Waals surface area contributed by atoms with Crippen molar-refractivity contribution in [2.75, 3.05) is 20.0 Å². The third kappa shape index (κ3) is 3.94. The molecule has 0 aliphatic rings. The average Bonchev–Trinajstić information content (AvgIpc) is 2.73. The molecule has 3 rings (SSSR count). The van der Waals surface area contributed by atoms with Crippen molar-refractivity contribution >= 4 is 28.4 Å². The highest BCUT2D eigenvalue weighted by molar-refractivity contribution is 7.99. The Kier molecular flexibility index (Phi) is 6.16. The number of hydrogen-bond donors (Lipinski definition) is 0. The van der Waals surface area contributed by atoms with Gasteiger partial charge in [-0.2, -0.15) is 0 Å². The number of ether oxygens (including phenoxy) is 2. The summed E-state index contributed by atoms with van der Waals surface area (Å²) in [4.78, 5) is 30.1. The standard InChI is InChI=1S/C21H20N2O4S/c1-4-11-23-20(25)15-7-5-6-8-17(15)22-21(23)28-13-18(24)16-12-14(26-2)9-10-19(16)27-3/h4-10,12H,1,11,13H2,2-3H3. The fourth-order valence-electron chi connectivity index (χ4n) is 2.79. The molecule has 0 unspecified atom stereocenters. The maximum absolute atomic E-state index is 12.8. The van der Waals surface area contributed by atoms with Gasteiger partial charge in [0.1, 0.15) is 11.5 Å². The number of benzene rings is 2. The number of allylic oxidation sites excluding steroid dienone is 1. The Bertz CT molecular complexity index is 1090. The molecule has 0 saturated heterocycles. The summed E-state index contributed by atoms with van der Waals surface area (Å²) in [5, 5.41) is 1.01. The summed E-state index contributed by atoms with van der Waals surface area (Å²) in [6.45, 7) is 4.02. The second-order valence-electron chi connectivity index (χ2n) is 5.89. The van der Waals surface area contributed by atoms with Crippen LogP contribution in [-0.2, 0) is 6.54 Å². The molecule has 1 aromatic heterocycles. The van der Waals surface area contributed by atoms with E-state index in [-0.39, 0.29) is 17.1 Å². The van der Waals surface area contributed by atoms with E-state index in [9.17, 15) is 9.59 Å². The number of ketones is 1. The zero-order valence-corrected chi connectivity index (χ0v) is 16.5. The Morgan fingerprint density at radius 1 is 1.21 bits per heavy atom. The van der Waals surface area contributed by atoms with E-state index >= 15 is 0 Å². The lowest BCUT2D eigenvalue weighted by atomic mass is 10.1. The van der Waals surface area contributed by atoms with Crippen LogP contribution in [0, 0.1) is 0 Å². The van der Waals surface area contributed by atoms with E-state index in [2.05, 4.69) is 11.6 Å². The normalized spacial score (nSPS) is 10.6. The molecule has 144 valence electrons. The topological polar surface area (TPSA) is 70.4 Å². The van der Waals surface area contributed by atoms with E-state index in [1.807, 2.05) is 6.07 Å². The summed E-state index contributed by atoms with van der Waals surface area (Å²) in [6, 6.07) is 12.2. The first-order valence-corrected chi connectivity index (χ1v) is 9.56. The van der Waals surface area contributed by atoms with Crippen molar-refractivity contribution in [3.63, 3.8) is 0 Å². The van der Waals surface area contributed by atoms with Gasteiger partial charge < -0.3 is 9.47 Å². The molecule has 0 aliphatic heterocycles. The Labute approximate surface area is 166 Å². The minimum atomic E-state index is -0.153. The number of para-hydroxylation sites is 1. The van der Waals surface area contributed by atoms with Crippen molar-refractivity contribution in [1.82, 2.24) is 9.55 Å². The maximum Gasteiger partial charge on any atom is 0.262 e. The van der Waals surface area contributed by atoms with Gasteiger partial charge in [0.25, 0.3) is 5.56 Å². The van der Waals surface area contributed by atoms with E-state index in [1.54, 1.807) is 42.5 Å². The van der Waals surface area contributed by atoms with Crippen LogP contribution in [0.5, 0.6) is 11.5 Å². The lowest BCUT2D eigenvalue weighted by molar-refractivity contribution is 0.101. The van der Waals surface area contributed by atoms with Gasteiger partial charge in [-0.25, -0.2) is 4.98 Å². The molecule has 0 amide bonds. The number of fused-ring (bicyclic) bond motifs is 1. The van der Waals surface area contributed by atoms with Crippen LogP contribution in [0.1, 0.15) is 10.4 Å². The first-order chi connectivity index (χ1) is 13.6. The van der Waals surface area contributed by atoms with Crippen LogP contribution in [0.4, 0.5) is 0 Å². The van der Waals surface area contributed by atoms with E-state index in [4.69, 9.17) is 9.47 Å². The summed E-state index contributed by atoms with van der Waals surface area (Å²) in [5.41, 5.74) is 0.869. The number of methoxy groups -OCH3 is 2. The predicted molar refractivity (Wildman–Crippen MR) is 111 cm³/mol. The third-order valence-corrected chi connectivity index (χ3v) is 5.15. The van der Waals surface area contributed by atoms with E-state index in [0.29, 0.717) is 39.7 Å². The van der Waals surface area contributed by atoms with Gasteiger partial charge in [0.2, 0.25) is 0 Å². The molecule has 2 aromatic carbocycles. The minimum absolute atomic E-state index is 0.103. The molecule has 0 fully saturated rings. The number of rotatable bonds is 8. The van der Waals surface area contributed by atoms with Gasteiger partial charge in [0, 0.05) is 6.54 Å². The molecule has 0 spiro atoms. The van der Waals surface area contributed by atoms with E-state index in [1.165, 1.54) is 30.5 Å². The van der Waals surface area contributed by atoms with Gasteiger partial charge in [0.05, 0.1) is 36.4 Å². The molecular weight excluding hydrogens is 376 g/mol. The summed E-state index contributed by atoms with van der Waals surface area (Å²) < 4.78 is 12.0. The fraction of sp³-hybridized carbons (Fsp3) is 0.190. The summed E-state index contributed by atoms with van der Waals surface area (Å²) in [7, 11) is 3.05. The number of carbonyl (C=O) groups is 1. The van der Waals surface area contributed by atoms with Crippen LogP contribution in [-0.4, -0.2) is 35.3 Å². The van der Waals surface area contributed by atoms with Crippen molar-refractivity contribution in [2.45, 2.75) is 11.7 Å². The Balaban J connectivity index is 1.93. The first kappa shape index (κ1) is 19.7. The molecule has 6 nitrogen and oxygen atoms in total. The Morgan fingerprint density at radius 3 is 2.71 bits per heavy atom. The lowest BCUT2D eigenvalue weighted by Crippen LogP contribution is -2.23. The third-order valence-electron chi connectivity index (χ3n) is 4.18. The quantitative estimate of drug-likeness (QED) is 0.251. The lowest BCUT2D eigenvalue weighted by Gasteiger charge is -2.12. The second kappa shape index (κ2) is 8.75. The molecular formula is C21H20N2O4S. The smallest absolute Gasteiger partial charge is 0.262 e. The number of aromatic nitrogens is 2. The van der Waals surface area contributed by atoms with Crippen molar-refractivity contribution in [2.24, 2.45) is 0 Å². The highest BCUT2D eigenvalue weighted by atomic mass is 32.2. The monoisotopic (exact) mass is 396 g/mol. The SMILES string of the molecule is C=CCn1c(SCC(=O)c2cc(OC)ccc2OC)nc2ccccc2c1=O. The largest absolute Gasteiger partial charge is 0.497 e. The van der Waals surface area contributed by atoms with Crippen LogP contribution in [0.15, 0.2) is 65.1 Å². The van der Waals surface area contributed by atoms with Gasteiger partial charge in [0.15, 0.2) is 10.9 Å². The van der Waals surface area contributed by atoms with Crippen molar-refractivity contribution in [3.8, 4) is 11.5 Å². The molecule has 28 heavy (non-hydrogen) atoms. The Morgan fingerprint density at radius 2 is 2.00 bits per heavy atom. The van der Waals surface area contributed by atoms with E-state index < -0.39 is 0 Å². The van der Waals surface area contributed by atoms with Crippen molar-refractivity contribution < 1.29 is 14.3 Å². The summed E-state index contributed by atoms with van der Waals surface area (Å²) >= 11 is 1.21. The Hall–Kier alpha value is -3.06. The van der Waals surface area contributed by atoms with Crippen LogP contribution < -0.4 is 15.0 Å². The molecule has 0 aliphatic carbocycles. The summed E-state index contributed by atoms with van der Waals surface area (Å²) in [6.07, 6.45) is 1.63. The molecule has 1 heterocycles. The van der Waals surface area contributed by atoms with Crippen LogP contribution in [0.3, 0.4) is 0 Å². The second-order valence-corrected chi connectivity index (χ2v) is 6.84. The molecule has 0 bridgehead atoms. The first-order valence-electron chi connectivity index (χ1n) is 8.57. The number of Topliss-reactive ketones (excluding diaryl/α,β-unsaturated/α-hetero) is 1. The number of nitrogens with zero attached hydrogens (tertiary/aromatic N) is 2. The maximum atomic E-state index is 12.8. The number of thioether (sulfide) groups is 1. The minimum Gasteiger partial charge on any atom is -0.497 e. The molecule has 0 radical (unpaired) electrons. The van der Waals surface area contributed by atoms with Gasteiger partial charge in [-0.05, 0) is 30.3 Å². The number of carbonyl (C=O) groups excluding carboxylic acids is 1. The molecule has 0 saturated carbocycles. The molecule has 0 N–H and O–H groups in total. The average molecular weight is 396 g/mol.